The Morgan fingerprint density at radius 3 is 2.38 bits per heavy atom. The molecule has 1 aromatic carbocycles. The zero-order chi connectivity index (χ0) is 12.0. The van der Waals surface area contributed by atoms with Crippen molar-refractivity contribution in [3.05, 3.63) is 35.4 Å². The van der Waals surface area contributed by atoms with Gasteiger partial charge in [-0.2, -0.15) is 0 Å². The number of rotatable bonds is 5. The Kier molecular flexibility index (Phi) is 4.47. The minimum atomic E-state index is -1.42. The molecule has 0 saturated heterocycles. The first kappa shape index (κ1) is 12.2. The zero-order valence-corrected chi connectivity index (χ0v) is 8.51. The summed E-state index contributed by atoms with van der Waals surface area (Å²) in [6.45, 7) is -0.0356. The van der Waals surface area contributed by atoms with Gasteiger partial charge in [0.05, 0.1) is 17.7 Å². The average Bonchev–Trinajstić information content (AvgIpc) is 2.29. The average molecular weight is 223 g/mol. The van der Waals surface area contributed by atoms with Gasteiger partial charge in [0.1, 0.15) is 0 Å². The number of hydrogen-bond acceptors (Lipinski definition) is 4. The molecule has 0 heterocycles. The van der Waals surface area contributed by atoms with E-state index >= 15 is 0 Å². The summed E-state index contributed by atoms with van der Waals surface area (Å²) in [6.07, 6.45) is 0.319. The third-order valence-corrected chi connectivity index (χ3v) is 1.90. The van der Waals surface area contributed by atoms with E-state index in [1.54, 1.807) is 0 Å². The lowest BCUT2D eigenvalue weighted by atomic mass is 10.1. The van der Waals surface area contributed by atoms with Gasteiger partial charge >= 0.3 is 11.9 Å². The Bertz CT molecular complexity index is 386. The van der Waals surface area contributed by atoms with Crippen LogP contribution in [0.1, 0.15) is 27.1 Å². The first-order valence-electron chi connectivity index (χ1n) is 4.75. The van der Waals surface area contributed by atoms with Crippen LogP contribution in [0.5, 0.6) is 0 Å². The van der Waals surface area contributed by atoms with Crippen LogP contribution in [-0.2, 0) is 9.84 Å². The van der Waals surface area contributed by atoms with Crippen molar-refractivity contribution in [2.75, 3.05) is 13.2 Å². The molecule has 0 aliphatic carbocycles. The van der Waals surface area contributed by atoms with Crippen molar-refractivity contribution in [1.82, 2.24) is 0 Å². The molecule has 0 spiro atoms. The molecule has 0 atom stereocenters. The Balaban J connectivity index is 2.78. The van der Waals surface area contributed by atoms with E-state index in [1.165, 1.54) is 24.3 Å². The molecule has 85 valence electrons. The molecule has 0 aliphatic heterocycles. The summed E-state index contributed by atoms with van der Waals surface area (Å²) in [6, 6.07) is 5.66. The number of aliphatic hydroxyl groups is 1. The van der Waals surface area contributed by atoms with E-state index in [9.17, 15) is 14.7 Å². The summed E-state index contributed by atoms with van der Waals surface area (Å²) in [5, 5.41) is 19.2. The highest BCUT2D eigenvalue weighted by Gasteiger charge is 2.17. The minimum absolute atomic E-state index is 0.0413. The SMILES string of the molecule is [O]C(=O)c1ccccc1C(=O)OCCCO. The van der Waals surface area contributed by atoms with Crippen LogP contribution in [0.4, 0.5) is 0 Å². The van der Waals surface area contributed by atoms with Gasteiger partial charge in [0.25, 0.3) is 0 Å². The van der Waals surface area contributed by atoms with E-state index < -0.39 is 11.9 Å². The van der Waals surface area contributed by atoms with Gasteiger partial charge in [0.2, 0.25) is 0 Å². The van der Waals surface area contributed by atoms with Crippen LogP contribution in [0.15, 0.2) is 24.3 Å². The fourth-order valence-corrected chi connectivity index (χ4v) is 1.15. The number of carbonyl (C=O) groups is 2. The normalized spacial score (nSPS) is 9.81. The van der Waals surface area contributed by atoms with Crippen LogP contribution < -0.4 is 0 Å². The fraction of sp³-hybridized carbons (Fsp3) is 0.273. The molecule has 5 heteroatoms. The van der Waals surface area contributed by atoms with Crippen molar-refractivity contribution in [2.45, 2.75) is 6.42 Å². The molecule has 1 rings (SSSR count). The van der Waals surface area contributed by atoms with E-state index in [1.807, 2.05) is 0 Å². The molecule has 0 aliphatic rings. The summed E-state index contributed by atoms with van der Waals surface area (Å²) in [5.41, 5.74) is -0.239. The van der Waals surface area contributed by atoms with E-state index in [-0.39, 0.29) is 24.3 Å². The third-order valence-electron chi connectivity index (χ3n) is 1.90. The second-order valence-corrected chi connectivity index (χ2v) is 3.05. The molecule has 0 aromatic heterocycles. The highest BCUT2D eigenvalue weighted by molar-refractivity contribution is 6.02. The largest absolute Gasteiger partial charge is 0.462 e. The summed E-state index contributed by atoms with van der Waals surface area (Å²) in [7, 11) is 0. The van der Waals surface area contributed by atoms with Gasteiger partial charge in [-0.15, -0.1) is 0 Å². The molecule has 1 aromatic rings. The van der Waals surface area contributed by atoms with Crippen molar-refractivity contribution in [3.63, 3.8) is 0 Å². The highest BCUT2D eigenvalue weighted by Crippen LogP contribution is 2.10. The maximum atomic E-state index is 11.4. The topological polar surface area (TPSA) is 83.5 Å². The lowest BCUT2D eigenvalue weighted by molar-refractivity contribution is 0.0461. The lowest BCUT2D eigenvalue weighted by Gasteiger charge is -2.05. The third kappa shape index (κ3) is 3.06. The van der Waals surface area contributed by atoms with Crippen molar-refractivity contribution in [1.29, 1.82) is 0 Å². The smallest absolute Gasteiger partial charge is 0.387 e. The molecule has 0 fully saturated rings. The maximum absolute atomic E-state index is 11.4. The number of esters is 1. The number of ether oxygens (including phenoxy) is 1. The highest BCUT2D eigenvalue weighted by atomic mass is 16.5. The molecule has 0 unspecified atom stereocenters. The predicted octanol–water partition coefficient (Wildman–Crippen LogP) is 0.796. The van der Waals surface area contributed by atoms with Crippen LogP contribution in [0, 0.1) is 0 Å². The molecule has 0 saturated carbocycles. The maximum Gasteiger partial charge on any atom is 0.387 e. The molecular formula is C11H11O5. The van der Waals surface area contributed by atoms with Crippen LogP contribution in [0.3, 0.4) is 0 Å². The molecule has 1 N–H and O–H groups in total. The van der Waals surface area contributed by atoms with E-state index in [2.05, 4.69) is 0 Å². The van der Waals surface area contributed by atoms with Crippen molar-refractivity contribution < 1.29 is 24.5 Å². The number of aliphatic hydroxyl groups excluding tert-OH is 1. The first-order valence-corrected chi connectivity index (χ1v) is 4.75. The minimum Gasteiger partial charge on any atom is -0.462 e. The number of benzene rings is 1. The lowest BCUT2D eigenvalue weighted by Crippen LogP contribution is -2.12. The van der Waals surface area contributed by atoms with Crippen LogP contribution in [0.2, 0.25) is 0 Å². The Morgan fingerprint density at radius 1 is 1.19 bits per heavy atom. The summed E-state index contributed by atoms with van der Waals surface area (Å²) in [4.78, 5) is 22.1. The Morgan fingerprint density at radius 2 is 1.81 bits per heavy atom. The standard InChI is InChI=1S/C11H11O5/c12-6-3-7-16-11(15)9-5-2-1-4-8(9)10(13)14/h1-2,4-5,12H,3,6-7H2. The monoisotopic (exact) mass is 223 g/mol. The quantitative estimate of drug-likeness (QED) is 0.591. The van der Waals surface area contributed by atoms with Gasteiger partial charge < -0.3 is 9.84 Å². The molecule has 16 heavy (non-hydrogen) atoms. The molecule has 1 radical (unpaired) electrons. The van der Waals surface area contributed by atoms with Gasteiger partial charge in [-0.1, -0.05) is 12.1 Å². The number of carbonyl (C=O) groups excluding carboxylic acids is 2. The Labute approximate surface area is 92.3 Å². The molecule has 5 nitrogen and oxygen atoms in total. The zero-order valence-electron chi connectivity index (χ0n) is 8.51. The van der Waals surface area contributed by atoms with Crippen molar-refractivity contribution in [2.24, 2.45) is 0 Å². The van der Waals surface area contributed by atoms with E-state index in [4.69, 9.17) is 9.84 Å². The van der Waals surface area contributed by atoms with Gasteiger partial charge in [0.15, 0.2) is 0 Å². The molecule has 0 bridgehead atoms. The second kappa shape index (κ2) is 5.87. The van der Waals surface area contributed by atoms with Crippen LogP contribution >= 0.6 is 0 Å². The summed E-state index contributed by atoms with van der Waals surface area (Å²) >= 11 is 0. The molecule has 0 amide bonds. The van der Waals surface area contributed by atoms with Crippen molar-refractivity contribution in [3.8, 4) is 0 Å². The summed E-state index contributed by atoms with van der Waals surface area (Å²) < 4.78 is 4.77. The van der Waals surface area contributed by atoms with Gasteiger partial charge in [-0.25, -0.2) is 14.7 Å². The number of hydrogen-bond donors (Lipinski definition) is 1. The second-order valence-electron chi connectivity index (χ2n) is 3.05. The van der Waals surface area contributed by atoms with E-state index in [0.717, 1.165) is 0 Å². The van der Waals surface area contributed by atoms with Crippen LogP contribution in [-0.4, -0.2) is 30.3 Å². The van der Waals surface area contributed by atoms with Crippen LogP contribution in [0.25, 0.3) is 0 Å². The molecular weight excluding hydrogens is 212 g/mol. The van der Waals surface area contributed by atoms with Gasteiger partial charge in [-0.05, 0) is 12.1 Å². The van der Waals surface area contributed by atoms with Gasteiger partial charge in [0, 0.05) is 13.0 Å². The van der Waals surface area contributed by atoms with Crippen molar-refractivity contribution >= 4 is 11.9 Å². The summed E-state index contributed by atoms with van der Waals surface area (Å²) in [5.74, 6) is -2.15. The first-order chi connectivity index (χ1) is 7.66. The Hall–Kier alpha value is -1.88. The predicted molar refractivity (Wildman–Crippen MR) is 53.4 cm³/mol. The van der Waals surface area contributed by atoms with E-state index in [0.29, 0.717) is 6.42 Å². The van der Waals surface area contributed by atoms with Gasteiger partial charge in [-0.3, -0.25) is 0 Å². The fourth-order valence-electron chi connectivity index (χ4n) is 1.15.